The van der Waals surface area contributed by atoms with Gasteiger partial charge in [-0.05, 0) is 82.5 Å². The van der Waals surface area contributed by atoms with Gasteiger partial charge < -0.3 is 31.3 Å². The van der Waals surface area contributed by atoms with Gasteiger partial charge in [-0.3, -0.25) is 19.2 Å². The van der Waals surface area contributed by atoms with Crippen molar-refractivity contribution in [3.05, 3.63) is 0 Å². The summed E-state index contributed by atoms with van der Waals surface area (Å²) in [7, 11) is 0. The largest absolute Gasteiger partial charge is 0.373 e. The molecule has 4 atom stereocenters. The van der Waals surface area contributed by atoms with Crippen molar-refractivity contribution in [2.45, 2.75) is 167 Å². The van der Waals surface area contributed by atoms with Crippen molar-refractivity contribution in [1.82, 2.24) is 20.9 Å². The maximum absolute atomic E-state index is 14.8. The molecule has 0 aromatic carbocycles. The minimum Gasteiger partial charge on any atom is -0.373 e. The number of nitrogens with two attached hydrogens (primary N) is 1. The third kappa shape index (κ3) is 9.51. The molecule has 0 bridgehead atoms. The molecule has 3 saturated carbocycles. The first kappa shape index (κ1) is 38.1. The van der Waals surface area contributed by atoms with E-state index in [2.05, 4.69) is 22.9 Å². The van der Waals surface area contributed by atoms with Crippen LogP contribution in [0.4, 0.5) is 4.79 Å². The summed E-state index contributed by atoms with van der Waals surface area (Å²) in [6.07, 6.45) is 13.2. The van der Waals surface area contributed by atoms with Gasteiger partial charge in [-0.2, -0.15) is 0 Å². The van der Waals surface area contributed by atoms with Crippen LogP contribution in [0.15, 0.2) is 0 Å². The Labute approximate surface area is 288 Å². The first-order valence-electron chi connectivity index (χ1n) is 18.7. The number of urea groups is 1. The topological polar surface area (TPSA) is 160 Å². The molecule has 4 aliphatic rings. The molecule has 11 nitrogen and oxygen atoms in total. The molecule has 5 amide bonds. The molecule has 4 rings (SSSR count). The van der Waals surface area contributed by atoms with E-state index in [0.29, 0.717) is 26.0 Å². The van der Waals surface area contributed by atoms with Gasteiger partial charge in [0, 0.05) is 6.54 Å². The van der Waals surface area contributed by atoms with Crippen LogP contribution < -0.4 is 21.7 Å². The molecule has 0 spiro atoms. The number of nitrogens with zero attached hydrogens (tertiary/aromatic N) is 1. The molecule has 1 saturated heterocycles. The third-order valence-corrected chi connectivity index (χ3v) is 11.7. The Balaban J connectivity index is 1.59. The molecule has 4 fully saturated rings. The average Bonchev–Trinajstić information content (AvgIpc) is 3.46. The minimum atomic E-state index is -1.07. The standard InChI is InChI=1S/C37H63N5O6/c1-24(2)26-16-21-42(28(26)32(45)39-27(29(43)31(38)44)22-25-14-13-15-25)33(46)30(36(6)17-9-7-10-18-36)40-34(47)41-37(19-11-8-12-20-37)23-48-35(3,4)5/h24-28,30H,7-23H2,1-6H3,(H2,38,44)(H,39,45)(H2,40,41,47)/t26-,27?,28+,30-/m1/s1. The molecule has 3 aliphatic carbocycles. The molecular formula is C37H63N5O6. The number of primary amides is 1. The van der Waals surface area contributed by atoms with E-state index >= 15 is 0 Å². The third-order valence-electron chi connectivity index (χ3n) is 11.7. The molecule has 272 valence electrons. The highest BCUT2D eigenvalue weighted by atomic mass is 16.5. The van der Waals surface area contributed by atoms with Gasteiger partial charge in [0.2, 0.25) is 17.6 Å². The van der Waals surface area contributed by atoms with Crippen molar-refractivity contribution in [2.75, 3.05) is 13.2 Å². The fraction of sp³-hybridized carbons (Fsp3) is 0.865. The van der Waals surface area contributed by atoms with E-state index in [1.54, 1.807) is 4.90 Å². The molecule has 0 aromatic heterocycles. The van der Waals surface area contributed by atoms with E-state index in [1.165, 1.54) is 0 Å². The summed E-state index contributed by atoms with van der Waals surface area (Å²) < 4.78 is 6.20. The molecular weight excluding hydrogens is 610 g/mol. The van der Waals surface area contributed by atoms with Crippen LogP contribution in [0.2, 0.25) is 0 Å². The zero-order valence-electron chi connectivity index (χ0n) is 30.5. The number of rotatable bonds is 13. The van der Waals surface area contributed by atoms with Gasteiger partial charge in [-0.1, -0.05) is 78.6 Å². The monoisotopic (exact) mass is 673 g/mol. The number of carbonyl (C=O) groups excluding carboxylic acids is 5. The van der Waals surface area contributed by atoms with Crippen LogP contribution in [-0.2, 0) is 23.9 Å². The highest BCUT2D eigenvalue weighted by Gasteiger charge is 2.50. The van der Waals surface area contributed by atoms with Crippen LogP contribution in [-0.4, -0.2) is 76.9 Å². The summed E-state index contributed by atoms with van der Waals surface area (Å²) in [5.74, 6) is -2.37. The first-order valence-corrected chi connectivity index (χ1v) is 18.7. The van der Waals surface area contributed by atoms with Crippen LogP contribution in [0.25, 0.3) is 0 Å². The van der Waals surface area contributed by atoms with Gasteiger partial charge in [0.05, 0.1) is 23.8 Å². The fourth-order valence-corrected chi connectivity index (χ4v) is 8.46. The van der Waals surface area contributed by atoms with Crippen molar-refractivity contribution < 1.29 is 28.7 Å². The molecule has 11 heteroatoms. The number of amides is 5. The van der Waals surface area contributed by atoms with E-state index in [1.807, 2.05) is 34.6 Å². The van der Waals surface area contributed by atoms with Gasteiger partial charge in [-0.25, -0.2) is 4.79 Å². The van der Waals surface area contributed by atoms with Gasteiger partial charge in [0.1, 0.15) is 12.1 Å². The fourth-order valence-electron chi connectivity index (χ4n) is 8.46. The molecule has 5 N–H and O–H groups in total. The average molecular weight is 674 g/mol. The smallest absolute Gasteiger partial charge is 0.315 e. The SMILES string of the molecule is CC(C)[C@H]1CCN(C(=O)[C@@H](NC(=O)NC2(COC(C)(C)C)CCCCC2)C2(C)CCCCC2)[C@@H]1C(=O)NC(CC1CCC1)C(=O)C(N)=O. The number of hydrogen-bond acceptors (Lipinski definition) is 6. The highest BCUT2D eigenvalue weighted by molar-refractivity contribution is 6.37. The van der Waals surface area contributed by atoms with E-state index < -0.39 is 46.7 Å². The molecule has 0 radical (unpaired) electrons. The maximum Gasteiger partial charge on any atom is 0.315 e. The predicted molar refractivity (Wildman–Crippen MR) is 185 cm³/mol. The second-order valence-electron chi connectivity index (χ2n) is 17.0. The number of nitrogens with one attached hydrogen (secondary N) is 3. The number of carbonyl (C=O) groups is 5. The van der Waals surface area contributed by atoms with Crippen LogP contribution in [0.1, 0.15) is 138 Å². The van der Waals surface area contributed by atoms with Gasteiger partial charge in [-0.15, -0.1) is 0 Å². The normalized spacial score (nSPS) is 25.4. The van der Waals surface area contributed by atoms with Gasteiger partial charge in [0.25, 0.3) is 5.91 Å². The maximum atomic E-state index is 14.8. The summed E-state index contributed by atoms with van der Waals surface area (Å²) in [6, 6.07) is -3.05. The van der Waals surface area contributed by atoms with Crippen LogP contribution in [0, 0.1) is 23.2 Å². The van der Waals surface area contributed by atoms with Crippen molar-refractivity contribution in [3.63, 3.8) is 0 Å². The highest BCUT2D eigenvalue weighted by Crippen LogP contribution is 2.41. The minimum absolute atomic E-state index is 0.0874. The van der Waals surface area contributed by atoms with Crippen molar-refractivity contribution in [1.29, 1.82) is 0 Å². The lowest BCUT2D eigenvalue weighted by molar-refractivity contribution is -0.145. The van der Waals surface area contributed by atoms with Gasteiger partial charge in [0.15, 0.2) is 0 Å². The number of Topliss-reactive ketones (excluding diaryl/α,β-unsaturated/α-hetero) is 1. The Morgan fingerprint density at radius 3 is 2.00 bits per heavy atom. The number of ketones is 1. The Morgan fingerprint density at radius 2 is 1.48 bits per heavy atom. The number of ether oxygens (including phenoxy) is 1. The lowest BCUT2D eigenvalue weighted by atomic mass is 9.70. The quantitative estimate of drug-likeness (QED) is 0.207. The second kappa shape index (κ2) is 15.9. The van der Waals surface area contributed by atoms with Crippen molar-refractivity contribution in [2.24, 2.45) is 28.9 Å². The Morgan fingerprint density at radius 1 is 0.875 bits per heavy atom. The Hall–Kier alpha value is -2.69. The summed E-state index contributed by atoms with van der Waals surface area (Å²) in [4.78, 5) is 69.3. The lowest BCUT2D eigenvalue weighted by Gasteiger charge is -2.44. The van der Waals surface area contributed by atoms with Crippen LogP contribution >= 0.6 is 0 Å². The summed E-state index contributed by atoms with van der Waals surface area (Å²) in [5, 5.41) is 9.28. The molecule has 0 aromatic rings. The predicted octanol–water partition coefficient (Wildman–Crippen LogP) is 4.75. The second-order valence-corrected chi connectivity index (χ2v) is 17.0. The van der Waals surface area contributed by atoms with Crippen molar-refractivity contribution >= 4 is 29.5 Å². The summed E-state index contributed by atoms with van der Waals surface area (Å²) in [5.41, 5.74) is 4.04. The molecule has 48 heavy (non-hydrogen) atoms. The van der Waals surface area contributed by atoms with E-state index in [0.717, 1.165) is 83.5 Å². The zero-order valence-corrected chi connectivity index (χ0v) is 30.5. The van der Waals surface area contributed by atoms with Gasteiger partial charge >= 0.3 is 6.03 Å². The van der Waals surface area contributed by atoms with Crippen LogP contribution in [0.3, 0.4) is 0 Å². The molecule has 1 unspecified atom stereocenters. The van der Waals surface area contributed by atoms with Crippen LogP contribution in [0.5, 0.6) is 0 Å². The Kier molecular flexibility index (Phi) is 12.6. The molecule has 1 heterocycles. The lowest BCUT2D eigenvalue weighted by Crippen LogP contribution is -2.64. The molecule has 1 aliphatic heterocycles. The van der Waals surface area contributed by atoms with Crippen molar-refractivity contribution in [3.8, 4) is 0 Å². The number of likely N-dealkylation sites (tertiary alicyclic amines) is 1. The van der Waals surface area contributed by atoms with E-state index in [9.17, 15) is 24.0 Å². The summed E-state index contributed by atoms with van der Waals surface area (Å²) >= 11 is 0. The Bertz CT molecular complexity index is 1170. The van der Waals surface area contributed by atoms with E-state index in [-0.39, 0.29) is 35.3 Å². The summed E-state index contributed by atoms with van der Waals surface area (Å²) in [6.45, 7) is 13.0. The number of hydrogen-bond donors (Lipinski definition) is 4. The first-order chi connectivity index (χ1) is 22.5. The van der Waals surface area contributed by atoms with E-state index in [4.69, 9.17) is 10.5 Å². The zero-order chi connectivity index (χ0) is 35.3.